The van der Waals surface area contributed by atoms with Crippen LogP contribution in [0, 0.1) is 41.0 Å². The van der Waals surface area contributed by atoms with Crippen molar-refractivity contribution in [2.75, 3.05) is 0 Å². The summed E-state index contributed by atoms with van der Waals surface area (Å²) in [4.78, 5) is 0. The minimum Gasteiger partial charge on any atom is -0.203 e. The summed E-state index contributed by atoms with van der Waals surface area (Å²) >= 11 is 0. The van der Waals surface area contributed by atoms with Gasteiger partial charge in [0.1, 0.15) is 0 Å². The van der Waals surface area contributed by atoms with E-state index >= 15 is 13.2 Å². The van der Waals surface area contributed by atoms with E-state index in [2.05, 4.69) is 32.1 Å². The van der Waals surface area contributed by atoms with E-state index in [1.807, 2.05) is 0 Å². The van der Waals surface area contributed by atoms with E-state index < -0.39 is 23.3 Å². The SMILES string of the molecule is C/C=C/C1CCC(C2CC=C(c3ccc(-c4ccc(-c5ccc(CCCCCCCC)c(F)c5F)cc4)c(F)c3F)CC2)CC1. The molecular formula is C41H48F4. The zero-order chi connectivity index (χ0) is 31.8. The second kappa shape index (κ2) is 15.9. The molecule has 0 amide bonds. The summed E-state index contributed by atoms with van der Waals surface area (Å²) in [5.41, 5.74) is 2.96. The van der Waals surface area contributed by atoms with E-state index in [9.17, 15) is 4.39 Å². The Bertz CT molecular complexity index is 1470. The van der Waals surface area contributed by atoms with Crippen molar-refractivity contribution in [1.82, 2.24) is 0 Å². The molecule has 0 aliphatic heterocycles. The number of rotatable bonds is 12. The highest BCUT2D eigenvalue weighted by Crippen LogP contribution is 2.42. The van der Waals surface area contributed by atoms with Gasteiger partial charge in [0.15, 0.2) is 23.3 Å². The summed E-state index contributed by atoms with van der Waals surface area (Å²) in [5.74, 6) is -1.29. The Morgan fingerprint density at radius 1 is 0.622 bits per heavy atom. The Balaban J connectivity index is 1.23. The first-order chi connectivity index (χ1) is 21.9. The second-order valence-electron chi connectivity index (χ2n) is 13.2. The van der Waals surface area contributed by atoms with Crippen LogP contribution in [0.15, 0.2) is 66.8 Å². The summed E-state index contributed by atoms with van der Waals surface area (Å²) < 4.78 is 60.8. The molecule has 1 fully saturated rings. The lowest BCUT2D eigenvalue weighted by molar-refractivity contribution is 0.212. The monoisotopic (exact) mass is 616 g/mol. The highest BCUT2D eigenvalue weighted by atomic mass is 19.2. The molecule has 0 N–H and O–H groups in total. The molecule has 0 nitrogen and oxygen atoms in total. The highest BCUT2D eigenvalue weighted by Gasteiger charge is 2.29. The van der Waals surface area contributed by atoms with Crippen LogP contribution in [0.3, 0.4) is 0 Å². The van der Waals surface area contributed by atoms with Gasteiger partial charge in [-0.15, -0.1) is 0 Å². The average molecular weight is 617 g/mol. The Morgan fingerprint density at radius 2 is 1.20 bits per heavy atom. The van der Waals surface area contributed by atoms with Gasteiger partial charge in [0.2, 0.25) is 0 Å². The Labute approximate surface area is 267 Å². The minimum atomic E-state index is -0.873. The minimum absolute atomic E-state index is 0.163. The first-order valence-corrected chi connectivity index (χ1v) is 17.3. The Kier molecular flexibility index (Phi) is 11.8. The quantitative estimate of drug-likeness (QED) is 0.108. The third-order valence-electron chi connectivity index (χ3n) is 10.3. The van der Waals surface area contributed by atoms with E-state index in [-0.39, 0.29) is 11.1 Å². The molecule has 0 spiro atoms. The lowest BCUT2D eigenvalue weighted by Crippen LogP contribution is -2.22. The number of benzene rings is 3. The number of aryl methyl sites for hydroxylation is 1. The number of unbranched alkanes of at least 4 members (excludes halogenated alkanes) is 5. The van der Waals surface area contributed by atoms with E-state index in [0.717, 1.165) is 50.0 Å². The van der Waals surface area contributed by atoms with Gasteiger partial charge in [-0.05, 0) is 105 Å². The lowest BCUT2D eigenvalue weighted by atomic mass is 9.71. The Hall–Kier alpha value is -3.14. The van der Waals surface area contributed by atoms with Crippen molar-refractivity contribution >= 4 is 5.57 Å². The number of allylic oxidation sites excluding steroid dienone is 4. The van der Waals surface area contributed by atoms with Crippen LogP contribution in [0.1, 0.15) is 108 Å². The largest absolute Gasteiger partial charge is 0.203 e. The zero-order valence-corrected chi connectivity index (χ0v) is 27.0. The molecule has 3 aromatic rings. The van der Waals surface area contributed by atoms with Gasteiger partial charge in [0, 0.05) is 16.7 Å². The zero-order valence-electron chi connectivity index (χ0n) is 27.0. The maximum absolute atomic E-state index is 15.4. The van der Waals surface area contributed by atoms with Crippen molar-refractivity contribution in [2.45, 2.75) is 104 Å². The van der Waals surface area contributed by atoms with Crippen LogP contribution in [0.25, 0.3) is 27.8 Å². The average Bonchev–Trinajstić information content (AvgIpc) is 3.07. The Morgan fingerprint density at radius 3 is 1.82 bits per heavy atom. The molecular weight excluding hydrogens is 568 g/mol. The molecule has 1 unspecified atom stereocenters. The molecule has 2 aliphatic rings. The van der Waals surface area contributed by atoms with Crippen LogP contribution in [-0.4, -0.2) is 0 Å². The van der Waals surface area contributed by atoms with Crippen molar-refractivity contribution in [3.63, 3.8) is 0 Å². The molecule has 1 saturated carbocycles. The van der Waals surface area contributed by atoms with Crippen molar-refractivity contribution < 1.29 is 17.6 Å². The maximum Gasteiger partial charge on any atom is 0.167 e. The third-order valence-corrected chi connectivity index (χ3v) is 10.3. The number of halogens is 4. The van der Waals surface area contributed by atoms with E-state index in [1.165, 1.54) is 44.9 Å². The second-order valence-corrected chi connectivity index (χ2v) is 13.2. The van der Waals surface area contributed by atoms with Gasteiger partial charge >= 0.3 is 0 Å². The van der Waals surface area contributed by atoms with Crippen molar-refractivity contribution in [3.8, 4) is 22.3 Å². The van der Waals surface area contributed by atoms with Gasteiger partial charge in [-0.25, -0.2) is 17.6 Å². The molecule has 3 aromatic carbocycles. The molecule has 0 aromatic heterocycles. The topological polar surface area (TPSA) is 0 Å². The summed E-state index contributed by atoms with van der Waals surface area (Å²) in [6, 6.07) is 13.2. The summed E-state index contributed by atoms with van der Waals surface area (Å²) in [6.45, 7) is 4.26. The molecule has 240 valence electrons. The van der Waals surface area contributed by atoms with Crippen LogP contribution >= 0.6 is 0 Å². The standard InChI is InChI=1S/C41H48F4/c1-3-5-6-7-8-9-11-34-24-25-35(39(43)38(34)42)32-20-22-33(23-21-32)37-27-26-36(40(44)41(37)45)31-18-16-30(17-19-31)29-14-12-28(10-4-2)13-15-29/h4,10,18,20-30H,3,5-9,11-17,19H2,1-2H3/b10-4+. The summed E-state index contributed by atoms with van der Waals surface area (Å²) in [7, 11) is 0. The van der Waals surface area contributed by atoms with Gasteiger partial charge in [-0.3, -0.25) is 0 Å². The number of hydrogen-bond acceptors (Lipinski definition) is 0. The van der Waals surface area contributed by atoms with Crippen LogP contribution in [0.5, 0.6) is 0 Å². The highest BCUT2D eigenvalue weighted by molar-refractivity contribution is 5.74. The predicted octanol–water partition coefficient (Wildman–Crippen LogP) is 13.0. The summed E-state index contributed by atoms with van der Waals surface area (Å²) in [6.07, 6.45) is 21.4. The van der Waals surface area contributed by atoms with E-state index in [1.54, 1.807) is 48.5 Å². The lowest BCUT2D eigenvalue weighted by Gasteiger charge is -2.35. The smallest absolute Gasteiger partial charge is 0.167 e. The van der Waals surface area contributed by atoms with Gasteiger partial charge in [-0.1, -0.05) is 106 Å². The maximum atomic E-state index is 15.4. The molecule has 5 rings (SSSR count). The fourth-order valence-electron chi connectivity index (χ4n) is 7.56. The molecule has 0 bridgehead atoms. The fraction of sp³-hybridized carbons (Fsp3) is 0.463. The molecule has 0 radical (unpaired) electrons. The normalized spacial score (nSPS) is 20.5. The molecule has 0 heterocycles. The molecule has 0 saturated heterocycles. The van der Waals surface area contributed by atoms with Crippen molar-refractivity contribution in [1.29, 1.82) is 0 Å². The van der Waals surface area contributed by atoms with Crippen LogP contribution in [0.4, 0.5) is 17.6 Å². The van der Waals surface area contributed by atoms with Gasteiger partial charge in [-0.2, -0.15) is 0 Å². The molecule has 45 heavy (non-hydrogen) atoms. The van der Waals surface area contributed by atoms with Gasteiger partial charge in [0.05, 0.1) is 0 Å². The van der Waals surface area contributed by atoms with Gasteiger partial charge in [0.25, 0.3) is 0 Å². The number of hydrogen-bond donors (Lipinski definition) is 0. The first kappa shape index (κ1) is 33.2. The third kappa shape index (κ3) is 7.99. The summed E-state index contributed by atoms with van der Waals surface area (Å²) in [5, 5.41) is 0. The fourth-order valence-corrected chi connectivity index (χ4v) is 7.56. The van der Waals surface area contributed by atoms with E-state index in [4.69, 9.17) is 0 Å². The molecule has 1 atom stereocenters. The van der Waals surface area contributed by atoms with Crippen molar-refractivity contribution in [2.24, 2.45) is 17.8 Å². The van der Waals surface area contributed by atoms with Crippen LogP contribution in [-0.2, 0) is 6.42 Å². The van der Waals surface area contributed by atoms with Crippen LogP contribution < -0.4 is 0 Å². The van der Waals surface area contributed by atoms with E-state index in [0.29, 0.717) is 40.5 Å². The van der Waals surface area contributed by atoms with Crippen LogP contribution in [0.2, 0.25) is 0 Å². The first-order valence-electron chi connectivity index (χ1n) is 17.3. The van der Waals surface area contributed by atoms with Crippen molar-refractivity contribution in [3.05, 3.63) is 101 Å². The van der Waals surface area contributed by atoms with Gasteiger partial charge < -0.3 is 0 Å². The predicted molar refractivity (Wildman–Crippen MR) is 180 cm³/mol. The molecule has 4 heteroatoms. The molecule has 2 aliphatic carbocycles.